The molecule has 1 saturated heterocycles. The van der Waals surface area contributed by atoms with Gasteiger partial charge in [-0.15, -0.1) is 0 Å². The molecular weight excluding hydrogens is 437 g/mol. The number of aromatic nitrogens is 2. The van der Waals surface area contributed by atoms with Crippen molar-refractivity contribution in [1.29, 1.82) is 0 Å². The summed E-state index contributed by atoms with van der Waals surface area (Å²) in [6.07, 6.45) is -0.261. The number of ether oxygens (including phenoxy) is 1. The standard InChI is InChI=1S/C23H29F3N4O3/c1-4-15(5-2)22(32)29-11-9-17(10-12-29)27-21(31)20-19(33-3)14-30(28-20)18-8-6-7-16(13-18)23(24,25)26/h6-8,13-15,17H,4-5,9-12H2,1-3H3,(H,27,31). The fraction of sp³-hybridized carbons (Fsp3) is 0.522. The number of halogens is 3. The number of nitrogens with one attached hydrogen (secondary N) is 1. The molecule has 3 rings (SSSR count). The predicted octanol–water partition coefficient (Wildman–Crippen LogP) is 4.06. The summed E-state index contributed by atoms with van der Waals surface area (Å²) in [4.78, 5) is 27.3. The zero-order chi connectivity index (χ0) is 24.2. The highest BCUT2D eigenvalue weighted by Crippen LogP contribution is 2.31. The minimum Gasteiger partial charge on any atom is -0.493 e. The van der Waals surface area contributed by atoms with Gasteiger partial charge < -0.3 is 15.0 Å². The second-order valence-electron chi connectivity index (χ2n) is 8.13. The van der Waals surface area contributed by atoms with Gasteiger partial charge in [0.2, 0.25) is 5.91 Å². The average molecular weight is 467 g/mol. The molecule has 0 aliphatic carbocycles. The van der Waals surface area contributed by atoms with Crippen LogP contribution in [0.15, 0.2) is 30.5 Å². The van der Waals surface area contributed by atoms with Gasteiger partial charge in [-0.3, -0.25) is 9.59 Å². The van der Waals surface area contributed by atoms with E-state index in [4.69, 9.17) is 4.74 Å². The highest BCUT2D eigenvalue weighted by Gasteiger charge is 2.31. The van der Waals surface area contributed by atoms with E-state index in [1.165, 1.54) is 30.1 Å². The highest BCUT2D eigenvalue weighted by molar-refractivity contribution is 5.95. The first kappa shape index (κ1) is 24.6. The zero-order valence-electron chi connectivity index (χ0n) is 19.0. The van der Waals surface area contributed by atoms with E-state index in [0.29, 0.717) is 25.9 Å². The molecule has 1 N–H and O–H groups in total. The lowest BCUT2D eigenvalue weighted by Crippen LogP contribution is -2.48. The van der Waals surface area contributed by atoms with E-state index in [9.17, 15) is 22.8 Å². The molecule has 0 radical (unpaired) electrons. The molecule has 0 bridgehead atoms. The Morgan fingerprint density at radius 2 is 1.88 bits per heavy atom. The lowest BCUT2D eigenvalue weighted by atomic mass is 9.98. The second kappa shape index (κ2) is 10.3. The molecule has 1 aliphatic rings. The van der Waals surface area contributed by atoms with Crippen molar-refractivity contribution in [2.24, 2.45) is 5.92 Å². The summed E-state index contributed by atoms with van der Waals surface area (Å²) in [6, 6.07) is 4.55. The molecule has 180 valence electrons. The number of hydrogen-bond donors (Lipinski definition) is 1. The van der Waals surface area contributed by atoms with Crippen LogP contribution in [-0.4, -0.2) is 52.7 Å². The number of piperidine rings is 1. The Hall–Kier alpha value is -3.04. The summed E-state index contributed by atoms with van der Waals surface area (Å²) in [6.45, 7) is 5.14. The number of rotatable bonds is 7. The van der Waals surface area contributed by atoms with Gasteiger partial charge in [0.15, 0.2) is 11.4 Å². The van der Waals surface area contributed by atoms with Crippen LogP contribution in [-0.2, 0) is 11.0 Å². The van der Waals surface area contributed by atoms with Gasteiger partial charge in [-0.1, -0.05) is 19.9 Å². The highest BCUT2D eigenvalue weighted by atomic mass is 19.4. The fourth-order valence-electron chi connectivity index (χ4n) is 4.02. The predicted molar refractivity (Wildman–Crippen MR) is 116 cm³/mol. The van der Waals surface area contributed by atoms with Crippen LogP contribution < -0.4 is 10.1 Å². The quantitative estimate of drug-likeness (QED) is 0.668. The summed E-state index contributed by atoms with van der Waals surface area (Å²) in [7, 11) is 1.37. The van der Waals surface area contributed by atoms with Gasteiger partial charge in [0, 0.05) is 25.0 Å². The maximum atomic E-state index is 13.0. The van der Waals surface area contributed by atoms with E-state index in [0.717, 1.165) is 25.0 Å². The summed E-state index contributed by atoms with van der Waals surface area (Å²) in [5, 5.41) is 7.09. The van der Waals surface area contributed by atoms with E-state index in [1.54, 1.807) is 0 Å². The molecule has 1 aliphatic heterocycles. The molecule has 2 amide bonds. The topological polar surface area (TPSA) is 76.5 Å². The van der Waals surface area contributed by atoms with Gasteiger partial charge in [-0.2, -0.15) is 18.3 Å². The Balaban J connectivity index is 1.68. The molecule has 1 aromatic carbocycles. The largest absolute Gasteiger partial charge is 0.493 e. The van der Waals surface area contributed by atoms with Crippen LogP contribution >= 0.6 is 0 Å². The monoisotopic (exact) mass is 466 g/mol. The summed E-state index contributed by atoms with van der Waals surface area (Å²) in [5.74, 6) is -0.125. The molecule has 33 heavy (non-hydrogen) atoms. The first-order chi connectivity index (χ1) is 15.7. The smallest absolute Gasteiger partial charge is 0.416 e. The van der Waals surface area contributed by atoms with Gasteiger partial charge in [0.25, 0.3) is 5.91 Å². The van der Waals surface area contributed by atoms with Gasteiger partial charge >= 0.3 is 6.18 Å². The molecule has 0 unspecified atom stereocenters. The number of hydrogen-bond acceptors (Lipinski definition) is 4. The van der Waals surface area contributed by atoms with E-state index in [2.05, 4.69) is 10.4 Å². The number of alkyl halides is 3. The van der Waals surface area contributed by atoms with Crippen molar-refractivity contribution in [3.05, 3.63) is 41.7 Å². The molecule has 0 saturated carbocycles. The number of methoxy groups -OCH3 is 1. The SMILES string of the molecule is CCC(CC)C(=O)N1CCC(NC(=O)c2nn(-c3cccc(C(F)(F)F)c3)cc2OC)CC1. The molecule has 7 nitrogen and oxygen atoms in total. The molecule has 0 spiro atoms. The summed E-state index contributed by atoms with van der Waals surface area (Å²) < 4.78 is 45.6. The van der Waals surface area contributed by atoms with Gasteiger partial charge in [-0.25, -0.2) is 4.68 Å². The average Bonchev–Trinajstić information content (AvgIpc) is 3.24. The van der Waals surface area contributed by atoms with Crippen LogP contribution in [0, 0.1) is 5.92 Å². The minimum atomic E-state index is -4.49. The Kier molecular flexibility index (Phi) is 7.65. The first-order valence-electron chi connectivity index (χ1n) is 11.1. The van der Waals surface area contributed by atoms with Crippen LogP contribution in [0.25, 0.3) is 5.69 Å². The maximum absolute atomic E-state index is 13.0. The number of likely N-dealkylation sites (tertiary alicyclic amines) is 1. The van der Waals surface area contributed by atoms with Gasteiger partial charge in [0.1, 0.15) is 0 Å². The summed E-state index contributed by atoms with van der Waals surface area (Å²) in [5.41, 5.74) is -0.656. The minimum absolute atomic E-state index is 0.00884. The Labute approximate surface area is 190 Å². The third kappa shape index (κ3) is 5.66. The second-order valence-corrected chi connectivity index (χ2v) is 8.13. The van der Waals surface area contributed by atoms with Gasteiger partial charge in [-0.05, 0) is 43.9 Å². The lowest BCUT2D eigenvalue weighted by molar-refractivity contribution is -0.138. The van der Waals surface area contributed by atoms with E-state index in [1.807, 2.05) is 18.7 Å². The molecule has 1 fully saturated rings. The molecular formula is C23H29F3N4O3. The molecule has 10 heteroatoms. The van der Waals surface area contributed by atoms with E-state index < -0.39 is 17.6 Å². The lowest BCUT2D eigenvalue weighted by Gasteiger charge is -2.34. The molecule has 1 aromatic heterocycles. The number of benzene rings is 1. The zero-order valence-corrected chi connectivity index (χ0v) is 19.0. The van der Waals surface area contributed by atoms with Crippen molar-refractivity contribution >= 4 is 11.8 Å². The van der Waals surface area contributed by atoms with Crippen molar-refractivity contribution in [2.45, 2.75) is 51.7 Å². The Bertz CT molecular complexity index is 978. The van der Waals surface area contributed by atoms with Crippen LogP contribution in [0.3, 0.4) is 0 Å². The van der Waals surface area contributed by atoms with Crippen LogP contribution in [0.5, 0.6) is 5.75 Å². The molecule has 2 aromatic rings. The molecule has 2 heterocycles. The number of nitrogens with zero attached hydrogens (tertiary/aromatic N) is 3. The van der Waals surface area contributed by atoms with Crippen molar-refractivity contribution in [1.82, 2.24) is 20.0 Å². The fourth-order valence-corrected chi connectivity index (χ4v) is 4.02. The third-order valence-corrected chi connectivity index (χ3v) is 6.03. The first-order valence-corrected chi connectivity index (χ1v) is 11.1. The van der Waals surface area contributed by atoms with Crippen molar-refractivity contribution < 1.29 is 27.5 Å². The number of carbonyl (C=O) groups is 2. The van der Waals surface area contributed by atoms with Crippen LogP contribution in [0.4, 0.5) is 13.2 Å². The normalized spacial score (nSPS) is 15.1. The Morgan fingerprint density at radius 3 is 2.45 bits per heavy atom. The summed E-state index contributed by atoms with van der Waals surface area (Å²) >= 11 is 0. The van der Waals surface area contributed by atoms with E-state index >= 15 is 0 Å². The van der Waals surface area contributed by atoms with Crippen LogP contribution in [0.1, 0.15) is 55.6 Å². The van der Waals surface area contributed by atoms with Crippen molar-refractivity contribution in [3.8, 4) is 11.4 Å². The molecule has 0 atom stereocenters. The van der Waals surface area contributed by atoms with Gasteiger partial charge in [0.05, 0.1) is 24.6 Å². The third-order valence-electron chi connectivity index (χ3n) is 6.03. The van der Waals surface area contributed by atoms with E-state index in [-0.39, 0.29) is 35.0 Å². The Morgan fingerprint density at radius 1 is 1.21 bits per heavy atom. The number of amides is 2. The van der Waals surface area contributed by atoms with Crippen LogP contribution in [0.2, 0.25) is 0 Å². The maximum Gasteiger partial charge on any atom is 0.416 e. The van der Waals surface area contributed by atoms with Crippen molar-refractivity contribution in [3.63, 3.8) is 0 Å². The number of carbonyl (C=O) groups excluding carboxylic acids is 2. The van der Waals surface area contributed by atoms with Crippen molar-refractivity contribution in [2.75, 3.05) is 20.2 Å².